The number of halogens is 1. The maximum Gasteiger partial charge on any atom is 0.335 e. The van der Waals surface area contributed by atoms with Gasteiger partial charge < -0.3 is 14.9 Å². The summed E-state index contributed by atoms with van der Waals surface area (Å²) in [5.74, 6) is -0.724. The fourth-order valence-corrected chi connectivity index (χ4v) is 4.44. The fraction of sp³-hybridized carbons (Fsp3) is 0.190. The number of nitrogens with zero attached hydrogens (tertiary/aromatic N) is 2. The van der Waals surface area contributed by atoms with E-state index < -0.39 is 5.97 Å². The normalized spacial score (nSPS) is 16.5. The van der Waals surface area contributed by atoms with E-state index in [-0.39, 0.29) is 17.2 Å². The molecule has 9 heteroatoms. The molecule has 2 N–H and O–H groups in total. The minimum Gasteiger partial charge on any atom is -0.504 e. The van der Waals surface area contributed by atoms with Gasteiger partial charge >= 0.3 is 5.97 Å². The number of ether oxygens (including phenoxy) is 1. The van der Waals surface area contributed by atoms with Crippen molar-refractivity contribution in [3.05, 3.63) is 56.0 Å². The van der Waals surface area contributed by atoms with Gasteiger partial charge in [-0.1, -0.05) is 0 Å². The Kier molecular flexibility index (Phi) is 7.03. The molecule has 1 saturated heterocycles. The third kappa shape index (κ3) is 4.78. The number of likely N-dealkylation sites (N-methyl/N-ethyl adjacent to an activating group) is 1. The molecular formula is C21H19IN2O5S. The van der Waals surface area contributed by atoms with Gasteiger partial charge in [-0.25, -0.2) is 9.79 Å². The SMILES string of the molecule is CCOc1cc(/C=C2\SC(=Nc3ccc(C(=O)O)cc3)N(CC)C2=O)cc(I)c1O. The Hall–Kier alpha value is -2.53. The number of hydrogen-bond acceptors (Lipinski definition) is 6. The molecule has 1 aliphatic heterocycles. The van der Waals surface area contributed by atoms with Gasteiger partial charge in [0.15, 0.2) is 16.7 Å². The van der Waals surface area contributed by atoms with Gasteiger partial charge in [-0.2, -0.15) is 0 Å². The van der Waals surface area contributed by atoms with Crippen molar-refractivity contribution < 1.29 is 24.5 Å². The Bertz CT molecular complexity index is 1050. The van der Waals surface area contributed by atoms with E-state index in [1.165, 1.54) is 23.9 Å². The summed E-state index contributed by atoms with van der Waals surface area (Å²) in [6.07, 6.45) is 1.75. The number of amidine groups is 1. The minimum atomic E-state index is -1.00. The van der Waals surface area contributed by atoms with E-state index in [1.54, 1.807) is 35.2 Å². The van der Waals surface area contributed by atoms with Crippen molar-refractivity contribution in [2.24, 2.45) is 4.99 Å². The predicted molar refractivity (Wildman–Crippen MR) is 125 cm³/mol. The molecule has 1 amide bonds. The molecule has 0 saturated carbocycles. The molecule has 0 atom stereocenters. The van der Waals surface area contributed by atoms with Gasteiger partial charge in [0.2, 0.25) is 0 Å². The summed E-state index contributed by atoms with van der Waals surface area (Å²) >= 11 is 3.26. The van der Waals surface area contributed by atoms with Crippen molar-refractivity contribution in [3.63, 3.8) is 0 Å². The van der Waals surface area contributed by atoms with Gasteiger partial charge in [-0.15, -0.1) is 0 Å². The monoisotopic (exact) mass is 538 g/mol. The summed E-state index contributed by atoms with van der Waals surface area (Å²) in [4.78, 5) is 30.4. The predicted octanol–water partition coefficient (Wildman–Crippen LogP) is 4.72. The van der Waals surface area contributed by atoms with E-state index >= 15 is 0 Å². The zero-order chi connectivity index (χ0) is 21.8. The molecule has 0 bridgehead atoms. The molecule has 2 aromatic carbocycles. The van der Waals surface area contributed by atoms with Crippen LogP contribution in [0.2, 0.25) is 0 Å². The second kappa shape index (κ2) is 9.52. The van der Waals surface area contributed by atoms with E-state index in [0.29, 0.717) is 38.2 Å². The molecule has 1 aliphatic rings. The van der Waals surface area contributed by atoms with Crippen molar-refractivity contribution >= 4 is 63.2 Å². The lowest BCUT2D eigenvalue weighted by atomic mass is 10.2. The maximum absolute atomic E-state index is 12.8. The van der Waals surface area contributed by atoms with Crippen LogP contribution in [-0.2, 0) is 4.79 Å². The zero-order valence-electron chi connectivity index (χ0n) is 16.3. The summed E-state index contributed by atoms with van der Waals surface area (Å²) < 4.78 is 6.09. The number of carbonyl (C=O) groups excluding carboxylic acids is 1. The van der Waals surface area contributed by atoms with Crippen LogP contribution in [0.3, 0.4) is 0 Å². The smallest absolute Gasteiger partial charge is 0.335 e. The van der Waals surface area contributed by atoms with Crippen LogP contribution in [0.25, 0.3) is 6.08 Å². The second-order valence-electron chi connectivity index (χ2n) is 6.19. The molecule has 2 aromatic rings. The number of phenolic OH excluding ortho intramolecular Hbond substituents is 1. The summed E-state index contributed by atoms with van der Waals surface area (Å²) in [5.41, 5.74) is 1.47. The zero-order valence-corrected chi connectivity index (χ0v) is 19.2. The van der Waals surface area contributed by atoms with E-state index in [0.717, 1.165) is 5.56 Å². The maximum atomic E-state index is 12.8. The Balaban J connectivity index is 1.93. The van der Waals surface area contributed by atoms with E-state index in [9.17, 15) is 14.7 Å². The first-order valence-electron chi connectivity index (χ1n) is 9.12. The quantitative estimate of drug-likeness (QED) is 0.408. The number of phenols is 1. The van der Waals surface area contributed by atoms with E-state index in [2.05, 4.69) is 4.99 Å². The summed E-state index contributed by atoms with van der Waals surface area (Å²) in [5, 5.41) is 19.7. The number of carboxylic acid groups (broad SMARTS) is 1. The lowest BCUT2D eigenvalue weighted by molar-refractivity contribution is -0.122. The number of amides is 1. The van der Waals surface area contributed by atoms with Crippen molar-refractivity contribution in [3.8, 4) is 11.5 Å². The first-order chi connectivity index (χ1) is 14.3. The number of thioether (sulfide) groups is 1. The molecule has 30 heavy (non-hydrogen) atoms. The average molecular weight is 538 g/mol. The molecule has 1 fully saturated rings. The summed E-state index contributed by atoms with van der Waals surface area (Å²) in [6, 6.07) is 9.63. The van der Waals surface area contributed by atoms with Gasteiger partial charge in [0.25, 0.3) is 5.91 Å². The van der Waals surface area contributed by atoms with Crippen LogP contribution in [0.4, 0.5) is 5.69 Å². The number of aromatic hydroxyl groups is 1. The van der Waals surface area contributed by atoms with Crippen LogP contribution in [0.5, 0.6) is 11.5 Å². The standard InChI is InChI=1S/C21H19IN2O5S/c1-3-24-19(26)17(11-12-9-15(22)18(25)16(10-12)29-4-2)30-21(24)23-14-7-5-13(6-8-14)20(27)28/h5-11,25H,3-4H2,1-2H3,(H,27,28)/b17-11-,23-21?. The number of rotatable bonds is 6. The van der Waals surface area contributed by atoms with Crippen LogP contribution in [0, 0.1) is 3.57 Å². The van der Waals surface area contributed by atoms with E-state index in [4.69, 9.17) is 9.84 Å². The molecule has 156 valence electrons. The summed E-state index contributed by atoms with van der Waals surface area (Å²) in [7, 11) is 0. The van der Waals surface area contributed by atoms with Crippen LogP contribution in [0.1, 0.15) is 29.8 Å². The van der Waals surface area contributed by atoms with Crippen LogP contribution in [0.15, 0.2) is 46.3 Å². The number of benzene rings is 2. The molecule has 7 nitrogen and oxygen atoms in total. The van der Waals surface area contributed by atoms with Gasteiger partial charge in [0.1, 0.15) is 0 Å². The summed E-state index contributed by atoms with van der Waals surface area (Å²) in [6.45, 7) is 4.56. The van der Waals surface area contributed by atoms with Crippen molar-refractivity contribution in [2.45, 2.75) is 13.8 Å². The van der Waals surface area contributed by atoms with Crippen molar-refractivity contribution in [1.82, 2.24) is 4.90 Å². The Morgan fingerprint density at radius 1 is 1.27 bits per heavy atom. The molecule has 0 aliphatic carbocycles. The Labute approximate surface area is 191 Å². The van der Waals surface area contributed by atoms with Crippen LogP contribution < -0.4 is 4.74 Å². The minimum absolute atomic E-state index is 0.0762. The van der Waals surface area contributed by atoms with Crippen molar-refractivity contribution in [2.75, 3.05) is 13.2 Å². The highest BCUT2D eigenvalue weighted by Gasteiger charge is 2.32. The number of carboxylic acids is 1. The average Bonchev–Trinajstić information content (AvgIpc) is 3.00. The van der Waals surface area contributed by atoms with Crippen molar-refractivity contribution in [1.29, 1.82) is 0 Å². The molecule has 0 radical (unpaired) electrons. The molecular weight excluding hydrogens is 519 g/mol. The largest absolute Gasteiger partial charge is 0.504 e. The highest BCUT2D eigenvalue weighted by molar-refractivity contribution is 14.1. The fourth-order valence-electron chi connectivity index (χ4n) is 2.75. The second-order valence-corrected chi connectivity index (χ2v) is 8.36. The molecule has 0 aromatic heterocycles. The van der Waals surface area contributed by atoms with E-state index in [1.807, 2.05) is 36.4 Å². The third-order valence-electron chi connectivity index (χ3n) is 4.19. The van der Waals surface area contributed by atoms with Gasteiger partial charge in [-0.3, -0.25) is 9.69 Å². The van der Waals surface area contributed by atoms with Gasteiger partial charge in [0.05, 0.1) is 26.3 Å². The Morgan fingerprint density at radius 2 is 1.97 bits per heavy atom. The van der Waals surface area contributed by atoms with Gasteiger partial charge in [-0.05, 0) is 96.2 Å². The van der Waals surface area contributed by atoms with Crippen LogP contribution >= 0.6 is 34.4 Å². The van der Waals surface area contributed by atoms with Crippen LogP contribution in [-0.4, -0.2) is 45.3 Å². The number of aliphatic imine (C=N–C) groups is 1. The first-order valence-corrected chi connectivity index (χ1v) is 11.0. The number of aromatic carboxylic acids is 1. The lowest BCUT2D eigenvalue weighted by Gasteiger charge is -2.12. The van der Waals surface area contributed by atoms with Gasteiger partial charge in [0, 0.05) is 6.54 Å². The molecule has 0 spiro atoms. The lowest BCUT2D eigenvalue weighted by Crippen LogP contribution is -2.28. The first kappa shape index (κ1) is 22.2. The highest BCUT2D eigenvalue weighted by atomic mass is 127. The molecule has 0 unspecified atom stereocenters. The molecule has 3 rings (SSSR count). The highest BCUT2D eigenvalue weighted by Crippen LogP contribution is 2.37. The Morgan fingerprint density at radius 3 is 2.57 bits per heavy atom. The number of carbonyl (C=O) groups is 2. The topological polar surface area (TPSA) is 99.4 Å². The number of hydrogen-bond donors (Lipinski definition) is 2. The third-order valence-corrected chi connectivity index (χ3v) is 6.02. The molecule has 1 heterocycles.